The van der Waals surface area contributed by atoms with Crippen molar-refractivity contribution in [1.82, 2.24) is 15.1 Å². The molecule has 0 aliphatic carbocycles. The highest BCUT2D eigenvalue weighted by Gasteiger charge is 2.20. The highest BCUT2D eigenvalue weighted by Crippen LogP contribution is 2.16. The first-order valence-corrected chi connectivity index (χ1v) is 8.04. The number of amides is 1. The lowest BCUT2D eigenvalue weighted by Gasteiger charge is -2.14. The van der Waals surface area contributed by atoms with Gasteiger partial charge in [-0.1, -0.05) is 30.7 Å². The molecule has 1 unspecified atom stereocenters. The minimum absolute atomic E-state index is 0.0702. The Morgan fingerprint density at radius 1 is 1.35 bits per heavy atom. The lowest BCUT2D eigenvalue weighted by atomic mass is 10.1. The van der Waals surface area contributed by atoms with Crippen LogP contribution in [-0.2, 0) is 6.54 Å². The van der Waals surface area contributed by atoms with Crippen LogP contribution < -0.4 is 5.32 Å². The fraction of sp³-hybridized carbons (Fsp3) is 0.412. The van der Waals surface area contributed by atoms with Crippen molar-refractivity contribution >= 4 is 17.5 Å². The molecule has 2 N–H and O–H groups in total. The van der Waals surface area contributed by atoms with Crippen LogP contribution in [0.4, 0.5) is 0 Å². The average Bonchev–Trinajstić information content (AvgIpc) is 2.81. The Balaban J connectivity index is 2.21. The fourth-order valence-corrected chi connectivity index (χ4v) is 2.60. The first-order valence-electron chi connectivity index (χ1n) is 7.66. The molecule has 23 heavy (non-hydrogen) atoms. The SMILES string of the molecule is CCC(CO)NC(=O)c1c(C)nn(Cc2ccc(Cl)cc2)c1C. The van der Waals surface area contributed by atoms with Crippen molar-refractivity contribution in [2.45, 2.75) is 39.8 Å². The molecule has 1 amide bonds. The Labute approximate surface area is 141 Å². The Morgan fingerprint density at radius 3 is 2.57 bits per heavy atom. The molecule has 6 heteroatoms. The second kappa shape index (κ2) is 7.62. The maximum absolute atomic E-state index is 12.4. The van der Waals surface area contributed by atoms with Crippen molar-refractivity contribution < 1.29 is 9.90 Å². The lowest BCUT2D eigenvalue weighted by Crippen LogP contribution is -2.37. The molecule has 2 aromatic rings. The van der Waals surface area contributed by atoms with Gasteiger partial charge >= 0.3 is 0 Å². The molecule has 0 fully saturated rings. The molecule has 1 atom stereocenters. The van der Waals surface area contributed by atoms with Crippen molar-refractivity contribution in [3.8, 4) is 0 Å². The normalized spacial score (nSPS) is 12.2. The predicted octanol–water partition coefficient (Wildman–Crippen LogP) is 2.70. The number of aliphatic hydroxyl groups excluding tert-OH is 1. The van der Waals surface area contributed by atoms with Crippen molar-refractivity contribution in [2.75, 3.05) is 6.61 Å². The van der Waals surface area contributed by atoms with Gasteiger partial charge in [0.2, 0.25) is 0 Å². The molecule has 124 valence electrons. The van der Waals surface area contributed by atoms with E-state index in [4.69, 9.17) is 11.6 Å². The lowest BCUT2D eigenvalue weighted by molar-refractivity contribution is 0.0913. The molecule has 2 rings (SSSR count). The van der Waals surface area contributed by atoms with E-state index in [9.17, 15) is 9.90 Å². The van der Waals surface area contributed by atoms with Gasteiger partial charge < -0.3 is 10.4 Å². The van der Waals surface area contributed by atoms with E-state index in [0.717, 1.165) is 11.3 Å². The maximum Gasteiger partial charge on any atom is 0.255 e. The van der Waals surface area contributed by atoms with Crippen LogP contribution in [0.5, 0.6) is 0 Å². The van der Waals surface area contributed by atoms with E-state index in [2.05, 4.69) is 10.4 Å². The van der Waals surface area contributed by atoms with Crippen LogP contribution in [0.3, 0.4) is 0 Å². The topological polar surface area (TPSA) is 67.2 Å². The highest BCUT2D eigenvalue weighted by molar-refractivity contribution is 6.30. The van der Waals surface area contributed by atoms with Crippen LogP contribution in [0.1, 0.15) is 40.7 Å². The van der Waals surface area contributed by atoms with Gasteiger partial charge in [-0.2, -0.15) is 5.10 Å². The van der Waals surface area contributed by atoms with E-state index in [1.165, 1.54) is 0 Å². The van der Waals surface area contributed by atoms with Crippen LogP contribution >= 0.6 is 11.6 Å². The van der Waals surface area contributed by atoms with E-state index < -0.39 is 0 Å². The number of carbonyl (C=O) groups excluding carboxylic acids is 1. The zero-order valence-electron chi connectivity index (χ0n) is 13.6. The van der Waals surface area contributed by atoms with E-state index >= 15 is 0 Å². The summed E-state index contributed by atoms with van der Waals surface area (Å²) in [5, 5.41) is 17.2. The summed E-state index contributed by atoms with van der Waals surface area (Å²) in [6.45, 7) is 6.13. The van der Waals surface area contributed by atoms with Gasteiger partial charge in [-0.3, -0.25) is 9.48 Å². The second-order valence-corrected chi connectivity index (χ2v) is 6.03. The molecular weight excluding hydrogens is 314 g/mol. The summed E-state index contributed by atoms with van der Waals surface area (Å²) in [7, 11) is 0. The Morgan fingerprint density at radius 2 is 2.00 bits per heavy atom. The highest BCUT2D eigenvalue weighted by atomic mass is 35.5. The van der Waals surface area contributed by atoms with Crippen LogP contribution in [0.15, 0.2) is 24.3 Å². The molecule has 1 heterocycles. The van der Waals surface area contributed by atoms with Gasteiger partial charge in [0.05, 0.1) is 30.5 Å². The van der Waals surface area contributed by atoms with Crippen molar-refractivity contribution in [2.24, 2.45) is 0 Å². The van der Waals surface area contributed by atoms with E-state index in [-0.39, 0.29) is 18.6 Å². The van der Waals surface area contributed by atoms with E-state index in [1.54, 1.807) is 0 Å². The zero-order chi connectivity index (χ0) is 17.0. The standard InChI is InChI=1S/C17H22ClN3O2/c1-4-15(10-22)19-17(23)16-11(2)20-21(12(16)3)9-13-5-7-14(18)8-6-13/h5-8,15,22H,4,9-10H2,1-3H3,(H,19,23). The van der Waals surface area contributed by atoms with E-state index in [1.807, 2.05) is 49.7 Å². The summed E-state index contributed by atoms with van der Waals surface area (Å²) in [6.07, 6.45) is 0.680. The van der Waals surface area contributed by atoms with Crippen molar-refractivity contribution in [3.05, 3.63) is 51.8 Å². The minimum Gasteiger partial charge on any atom is -0.394 e. The number of hydrogen-bond acceptors (Lipinski definition) is 3. The van der Waals surface area contributed by atoms with Gasteiger partial charge in [0.1, 0.15) is 0 Å². The summed E-state index contributed by atoms with van der Waals surface area (Å²) in [4.78, 5) is 12.4. The van der Waals surface area contributed by atoms with Gasteiger partial charge in [-0.15, -0.1) is 0 Å². The van der Waals surface area contributed by atoms with Gasteiger partial charge in [0, 0.05) is 10.7 Å². The molecule has 0 spiro atoms. The summed E-state index contributed by atoms with van der Waals surface area (Å²) in [6, 6.07) is 7.32. The third-order valence-electron chi connectivity index (χ3n) is 3.90. The molecule has 0 radical (unpaired) electrons. The maximum atomic E-state index is 12.4. The number of aromatic nitrogens is 2. The average molecular weight is 336 g/mol. The molecular formula is C17H22ClN3O2. The third kappa shape index (κ3) is 4.12. The van der Waals surface area contributed by atoms with Crippen LogP contribution in [0.2, 0.25) is 5.02 Å². The smallest absolute Gasteiger partial charge is 0.255 e. The number of nitrogens with one attached hydrogen (secondary N) is 1. The molecule has 0 saturated heterocycles. The quantitative estimate of drug-likeness (QED) is 0.853. The number of benzene rings is 1. The fourth-order valence-electron chi connectivity index (χ4n) is 2.48. The van der Waals surface area contributed by atoms with Crippen molar-refractivity contribution in [3.63, 3.8) is 0 Å². The molecule has 1 aromatic carbocycles. The Hall–Kier alpha value is -1.85. The van der Waals surface area contributed by atoms with Gasteiger partial charge in [0.25, 0.3) is 5.91 Å². The first kappa shape index (κ1) is 17.5. The predicted molar refractivity (Wildman–Crippen MR) is 90.9 cm³/mol. The zero-order valence-corrected chi connectivity index (χ0v) is 14.4. The summed E-state index contributed by atoms with van der Waals surface area (Å²) in [5.41, 5.74) is 3.13. The van der Waals surface area contributed by atoms with Crippen LogP contribution in [0, 0.1) is 13.8 Å². The molecule has 0 saturated carbocycles. The summed E-state index contributed by atoms with van der Waals surface area (Å²) in [5.74, 6) is -0.191. The van der Waals surface area contributed by atoms with Crippen molar-refractivity contribution in [1.29, 1.82) is 0 Å². The summed E-state index contributed by atoms with van der Waals surface area (Å²) < 4.78 is 1.81. The number of carbonyl (C=O) groups is 1. The first-order chi connectivity index (χ1) is 11.0. The van der Waals surface area contributed by atoms with E-state index in [0.29, 0.717) is 29.2 Å². The van der Waals surface area contributed by atoms with Gasteiger partial charge in [-0.05, 0) is 38.0 Å². The number of nitrogens with zero attached hydrogens (tertiary/aromatic N) is 2. The van der Waals surface area contributed by atoms with Gasteiger partial charge in [0.15, 0.2) is 0 Å². The third-order valence-corrected chi connectivity index (χ3v) is 4.15. The molecule has 5 nitrogen and oxygen atoms in total. The Bertz CT molecular complexity index is 676. The number of aryl methyl sites for hydroxylation is 1. The monoisotopic (exact) mass is 335 g/mol. The molecule has 0 aliphatic rings. The molecule has 0 bridgehead atoms. The summed E-state index contributed by atoms with van der Waals surface area (Å²) >= 11 is 5.90. The number of halogens is 1. The number of aliphatic hydroxyl groups is 1. The number of rotatable bonds is 6. The van der Waals surface area contributed by atoms with Gasteiger partial charge in [-0.25, -0.2) is 0 Å². The molecule has 0 aliphatic heterocycles. The Kier molecular flexibility index (Phi) is 5.80. The minimum atomic E-state index is -0.235. The molecule has 1 aromatic heterocycles. The van der Waals surface area contributed by atoms with Crippen LogP contribution in [-0.4, -0.2) is 33.4 Å². The second-order valence-electron chi connectivity index (χ2n) is 5.59. The number of hydrogen-bond donors (Lipinski definition) is 2. The van der Waals surface area contributed by atoms with Crippen LogP contribution in [0.25, 0.3) is 0 Å². The largest absolute Gasteiger partial charge is 0.394 e.